The average Bonchev–Trinajstić information content (AvgIpc) is 2.99. The molecule has 22 heavy (non-hydrogen) atoms. The summed E-state index contributed by atoms with van der Waals surface area (Å²) in [5.41, 5.74) is 3.10. The molecule has 0 saturated heterocycles. The summed E-state index contributed by atoms with van der Waals surface area (Å²) in [7, 11) is 0. The zero-order chi connectivity index (χ0) is 15.4. The molecule has 0 spiro atoms. The van der Waals surface area contributed by atoms with E-state index in [0.29, 0.717) is 13.2 Å². The standard InChI is InChI=1S/C18H19NO3/c20-12-10-18(21)19-11-9-15-16(19)7-4-8-17(15)22-13-14-5-2-1-3-6-14/h1-8,20H,9-13H2. The van der Waals surface area contributed by atoms with E-state index in [2.05, 4.69) is 0 Å². The molecule has 2 aromatic carbocycles. The van der Waals surface area contributed by atoms with Crippen LogP contribution in [0.4, 0.5) is 5.69 Å². The number of carbonyl (C=O) groups excluding carboxylic acids is 1. The van der Waals surface area contributed by atoms with E-state index in [-0.39, 0.29) is 18.9 Å². The third-order valence-electron chi connectivity index (χ3n) is 3.85. The first-order valence-corrected chi connectivity index (χ1v) is 7.49. The van der Waals surface area contributed by atoms with Gasteiger partial charge in [-0.05, 0) is 24.1 Å². The molecule has 1 N–H and O–H groups in total. The first-order chi connectivity index (χ1) is 10.8. The summed E-state index contributed by atoms with van der Waals surface area (Å²) in [4.78, 5) is 13.8. The molecule has 0 radical (unpaired) electrons. The van der Waals surface area contributed by atoms with Gasteiger partial charge in [0.25, 0.3) is 0 Å². The van der Waals surface area contributed by atoms with E-state index >= 15 is 0 Å². The lowest BCUT2D eigenvalue weighted by atomic mass is 10.1. The van der Waals surface area contributed by atoms with Crippen LogP contribution in [0.25, 0.3) is 0 Å². The number of hydrogen-bond acceptors (Lipinski definition) is 3. The topological polar surface area (TPSA) is 49.8 Å². The quantitative estimate of drug-likeness (QED) is 0.922. The van der Waals surface area contributed by atoms with Crippen molar-refractivity contribution in [2.24, 2.45) is 0 Å². The van der Waals surface area contributed by atoms with Crippen LogP contribution in [0.2, 0.25) is 0 Å². The molecule has 4 nitrogen and oxygen atoms in total. The fraction of sp³-hybridized carbons (Fsp3) is 0.278. The minimum absolute atomic E-state index is 0.0403. The fourth-order valence-electron chi connectivity index (χ4n) is 2.76. The SMILES string of the molecule is O=C(CCO)N1CCc2c(OCc3ccccc3)cccc21. The number of aliphatic hydroxyl groups excluding tert-OH is 1. The number of rotatable bonds is 5. The Hall–Kier alpha value is -2.33. The van der Waals surface area contributed by atoms with Crippen LogP contribution in [-0.4, -0.2) is 24.2 Å². The molecular formula is C18H19NO3. The van der Waals surface area contributed by atoms with Gasteiger partial charge >= 0.3 is 0 Å². The van der Waals surface area contributed by atoms with Crippen LogP contribution in [-0.2, 0) is 17.8 Å². The van der Waals surface area contributed by atoms with Gasteiger partial charge in [0, 0.05) is 12.1 Å². The largest absolute Gasteiger partial charge is 0.489 e. The highest BCUT2D eigenvalue weighted by molar-refractivity contribution is 5.96. The van der Waals surface area contributed by atoms with Gasteiger partial charge in [0.05, 0.1) is 18.7 Å². The summed E-state index contributed by atoms with van der Waals surface area (Å²) >= 11 is 0. The maximum atomic E-state index is 12.0. The van der Waals surface area contributed by atoms with E-state index in [1.807, 2.05) is 48.5 Å². The van der Waals surface area contributed by atoms with Crippen molar-refractivity contribution >= 4 is 11.6 Å². The second-order valence-electron chi connectivity index (χ2n) is 5.30. The van der Waals surface area contributed by atoms with Crippen molar-refractivity contribution in [3.05, 3.63) is 59.7 Å². The van der Waals surface area contributed by atoms with Crippen molar-refractivity contribution in [1.82, 2.24) is 0 Å². The molecule has 0 fully saturated rings. The highest BCUT2D eigenvalue weighted by Gasteiger charge is 2.26. The molecule has 1 amide bonds. The van der Waals surface area contributed by atoms with Crippen LogP contribution in [0.1, 0.15) is 17.5 Å². The smallest absolute Gasteiger partial charge is 0.229 e. The van der Waals surface area contributed by atoms with Crippen molar-refractivity contribution in [2.45, 2.75) is 19.4 Å². The van der Waals surface area contributed by atoms with Crippen LogP contribution in [0, 0.1) is 0 Å². The predicted octanol–water partition coefficient (Wildman–Crippen LogP) is 2.54. The summed E-state index contributed by atoms with van der Waals surface area (Å²) in [5, 5.41) is 8.94. The van der Waals surface area contributed by atoms with Gasteiger partial charge < -0.3 is 14.7 Å². The van der Waals surface area contributed by atoms with Crippen molar-refractivity contribution in [3.8, 4) is 5.75 Å². The van der Waals surface area contributed by atoms with E-state index in [9.17, 15) is 4.79 Å². The monoisotopic (exact) mass is 297 g/mol. The van der Waals surface area contributed by atoms with Gasteiger partial charge in [0.15, 0.2) is 0 Å². The second kappa shape index (κ2) is 6.62. The van der Waals surface area contributed by atoms with Gasteiger partial charge in [-0.15, -0.1) is 0 Å². The van der Waals surface area contributed by atoms with Gasteiger partial charge in [-0.25, -0.2) is 0 Å². The Morgan fingerprint density at radius 1 is 1.14 bits per heavy atom. The van der Waals surface area contributed by atoms with Crippen LogP contribution in [0.15, 0.2) is 48.5 Å². The van der Waals surface area contributed by atoms with Crippen molar-refractivity contribution < 1.29 is 14.6 Å². The number of anilines is 1. The summed E-state index contributed by atoms with van der Waals surface area (Å²) in [6.45, 7) is 1.05. The Bertz CT molecular complexity index is 655. The summed E-state index contributed by atoms with van der Waals surface area (Å²) in [6, 6.07) is 15.8. The fourth-order valence-corrected chi connectivity index (χ4v) is 2.76. The zero-order valence-corrected chi connectivity index (χ0v) is 12.4. The van der Waals surface area contributed by atoms with E-state index in [1.54, 1.807) is 4.90 Å². The first kappa shape index (κ1) is 14.6. The number of carbonyl (C=O) groups is 1. The van der Waals surface area contributed by atoms with Gasteiger partial charge in [0.1, 0.15) is 12.4 Å². The number of ether oxygens (including phenoxy) is 1. The molecular weight excluding hydrogens is 278 g/mol. The lowest BCUT2D eigenvalue weighted by molar-refractivity contribution is -0.119. The highest BCUT2D eigenvalue weighted by Crippen LogP contribution is 2.35. The summed E-state index contributed by atoms with van der Waals surface area (Å²) in [5.74, 6) is 0.794. The average molecular weight is 297 g/mol. The van der Waals surface area contributed by atoms with Gasteiger partial charge in [-0.1, -0.05) is 36.4 Å². The van der Waals surface area contributed by atoms with Crippen molar-refractivity contribution in [1.29, 1.82) is 0 Å². The zero-order valence-electron chi connectivity index (χ0n) is 12.4. The Morgan fingerprint density at radius 2 is 1.95 bits per heavy atom. The molecule has 0 atom stereocenters. The molecule has 0 unspecified atom stereocenters. The third kappa shape index (κ3) is 2.97. The number of aliphatic hydroxyl groups is 1. The van der Waals surface area contributed by atoms with Crippen LogP contribution in [0.5, 0.6) is 5.75 Å². The molecule has 2 aromatic rings. The highest BCUT2D eigenvalue weighted by atomic mass is 16.5. The molecule has 3 rings (SSSR count). The Kier molecular flexibility index (Phi) is 4.39. The Morgan fingerprint density at radius 3 is 2.73 bits per heavy atom. The maximum Gasteiger partial charge on any atom is 0.229 e. The van der Waals surface area contributed by atoms with E-state index in [0.717, 1.165) is 29.0 Å². The van der Waals surface area contributed by atoms with E-state index < -0.39 is 0 Å². The summed E-state index contributed by atoms with van der Waals surface area (Å²) in [6.07, 6.45) is 0.950. The molecule has 1 heterocycles. The third-order valence-corrected chi connectivity index (χ3v) is 3.85. The Labute approximate surface area is 130 Å². The lowest BCUT2D eigenvalue weighted by Crippen LogP contribution is -2.29. The number of hydrogen-bond donors (Lipinski definition) is 1. The van der Waals surface area contributed by atoms with Crippen LogP contribution >= 0.6 is 0 Å². The van der Waals surface area contributed by atoms with Crippen molar-refractivity contribution in [3.63, 3.8) is 0 Å². The maximum absolute atomic E-state index is 12.0. The van der Waals surface area contributed by atoms with Gasteiger partial charge in [-0.3, -0.25) is 4.79 Å². The molecule has 114 valence electrons. The molecule has 1 aliphatic heterocycles. The number of benzene rings is 2. The van der Waals surface area contributed by atoms with E-state index in [4.69, 9.17) is 9.84 Å². The lowest BCUT2D eigenvalue weighted by Gasteiger charge is -2.17. The second-order valence-corrected chi connectivity index (χ2v) is 5.30. The Balaban J connectivity index is 1.76. The molecule has 1 aliphatic rings. The first-order valence-electron chi connectivity index (χ1n) is 7.49. The predicted molar refractivity (Wildman–Crippen MR) is 85.0 cm³/mol. The van der Waals surface area contributed by atoms with Gasteiger partial charge in [-0.2, -0.15) is 0 Å². The van der Waals surface area contributed by atoms with Crippen LogP contribution in [0.3, 0.4) is 0 Å². The number of nitrogens with zero attached hydrogens (tertiary/aromatic N) is 1. The molecule has 0 bridgehead atoms. The van der Waals surface area contributed by atoms with E-state index in [1.165, 1.54) is 0 Å². The number of fused-ring (bicyclic) bond motifs is 1. The normalized spacial score (nSPS) is 13.0. The van der Waals surface area contributed by atoms with Gasteiger partial charge in [0.2, 0.25) is 5.91 Å². The molecule has 0 saturated carbocycles. The molecule has 0 aromatic heterocycles. The molecule has 4 heteroatoms. The number of amides is 1. The van der Waals surface area contributed by atoms with Crippen molar-refractivity contribution in [2.75, 3.05) is 18.1 Å². The minimum Gasteiger partial charge on any atom is -0.489 e. The minimum atomic E-state index is -0.116. The molecule has 0 aliphatic carbocycles. The van der Waals surface area contributed by atoms with Crippen LogP contribution < -0.4 is 9.64 Å². The summed E-state index contributed by atoms with van der Waals surface area (Å²) < 4.78 is 5.94.